The van der Waals surface area contributed by atoms with Crippen molar-refractivity contribution in [2.75, 3.05) is 20.8 Å². The lowest BCUT2D eigenvalue weighted by atomic mass is 9.97. The summed E-state index contributed by atoms with van der Waals surface area (Å²) < 4.78 is 44.8. The highest BCUT2D eigenvalue weighted by Crippen LogP contribution is 2.37. The third-order valence-corrected chi connectivity index (χ3v) is 5.82. The van der Waals surface area contributed by atoms with E-state index >= 15 is 0 Å². The van der Waals surface area contributed by atoms with Crippen molar-refractivity contribution < 1.29 is 52.3 Å². The number of carbonyl (C=O) groups is 3. The molecule has 0 spiro atoms. The summed E-state index contributed by atoms with van der Waals surface area (Å²) in [4.78, 5) is 36.9. The van der Waals surface area contributed by atoms with Crippen LogP contribution in [0, 0.1) is 0 Å². The molecule has 198 valence electrons. The first-order valence-electron chi connectivity index (χ1n) is 11.5. The average Bonchev–Trinajstić information content (AvgIpc) is 2.90. The number of fused-ring (bicyclic) bond motifs is 1. The number of hydrogen-bond donors (Lipinski definition) is 0. The van der Waals surface area contributed by atoms with E-state index in [4.69, 9.17) is 37.9 Å². The second-order valence-electron chi connectivity index (χ2n) is 8.36. The van der Waals surface area contributed by atoms with Crippen LogP contribution in [0.5, 0.6) is 11.5 Å². The summed E-state index contributed by atoms with van der Waals surface area (Å²) >= 11 is 0. The van der Waals surface area contributed by atoms with Gasteiger partial charge in [0.05, 0.1) is 26.4 Å². The zero-order valence-electron chi connectivity index (χ0n) is 20.8. The lowest BCUT2D eigenvalue weighted by Crippen LogP contribution is -2.64. The average molecular weight is 516 g/mol. The Labute approximate surface area is 213 Å². The van der Waals surface area contributed by atoms with Gasteiger partial charge in [0.2, 0.25) is 12.4 Å². The molecule has 11 nitrogen and oxygen atoms in total. The number of benzene rings is 2. The van der Waals surface area contributed by atoms with Crippen LogP contribution >= 0.6 is 0 Å². The van der Waals surface area contributed by atoms with E-state index in [0.717, 1.165) is 0 Å². The Morgan fingerprint density at radius 1 is 0.757 bits per heavy atom. The Bertz CT molecular complexity index is 1100. The molecule has 2 aliphatic heterocycles. The molecule has 6 atom stereocenters. The molecule has 2 saturated heterocycles. The first-order valence-corrected chi connectivity index (χ1v) is 11.5. The van der Waals surface area contributed by atoms with Gasteiger partial charge in [0.15, 0.2) is 12.4 Å². The topological polar surface area (TPSA) is 125 Å². The van der Waals surface area contributed by atoms with Crippen molar-refractivity contribution in [1.82, 2.24) is 0 Å². The summed E-state index contributed by atoms with van der Waals surface area (Å²) in [5.41, 5.74) is 0.908. The van der Waals surface area contributed by atoms with Crippen LogP contribution in [0.15, 0.2) is 48.5 Å². The van der Waals surface area contributed by atoms with E-state index in [1.807, 2.05) is 0 Å². The molecule has 0 radical (unpaired) electrons. The Balaban J connectivity index is 1.58. The van der Waals surface area contributed by atoms with E-state index in [-0.39, 0.29) is 12.2 Å². The molecule has 2 aromatic rings. The summed E-state index contributed by atoms with van der Waals surface area (Å²) in [6.45, 7) is 2.43. The first-order chi connectivity index (χ1) is 17.8. The number of carbonyl (C=O) groups excluding carboxylic acids is 3. The molecule has 0 amide bonds. The molecule has 2 heterocycles. The van der Waals surface area contributed by atoms with Crippen molar-refractivity contribution in [3.8, 4) is 11.5 Å². The molecule has 0 bridgehead atoms. The van der Waals surface area contributed by atoms with Crippen LogP contribution < -0.4 is 9.47 Å². The molecule has 2 aromatic carbocycles. The summed E-state index contributed by atoms with van der Waals surface area (Å²) in [5.74, 6) is -0.845. The minimum Gasteiger partial charge on any atom is -0.497 e. The standard InChI is InChI=1S/C26H28O11/c1-14(27)33-22-21-20(13-32-25(36-21)17-7-11-19(31-4)12-8-17)35-26(23(22)34-15(2)28)37-24(29)16-5-9-18(30-3)10-6-16/h5-12,20-23,25-26H,13H2,1-4H3/t20-,21-,22+,23-,25-,26+/m1/s1. The van der Waals surface area contributed by atoms with Gasteiger partial charge in [-0.2, -0.15) is 0 Å². The fourth-order valence-electron chi connectivity index (χ4n) is 4.12. The van der Waals surface area contributed by atoms with Gasteiger partial charge in [-0.05, 0) is 36.4 Å². The van der Waals surface area contributed by atoms with Gasteiger partial charge in [-0.25, -0.2) is 4.79 Å². The van der Waals surface area contributed by atoms with Crippen molar-refractivity contribution in [2.45, 2.75) is 50.8 Å². The molecule has 2 fully saturated rings. The normalized spacial score (nSPS) is 26.8. The van der Waals surface area contributed by atoms with Gasteiger partial charge >= 0.3 is 17.9 Å². The van der Waals surface area contributed by atoms with Gasteiger partial charge in [0.1, 0.15) is 23.7 Å². The molecule has 4 rings (SSSR count). The van der Waals surface area contributed by atoms with Crippen LogP contribution in [-0.4, -0.2) is 69.4 Å². The summed E-state index contributed by atoms with van der Waals surface area (Å²) in [7, 11) is 3.06. The van der Waals surface area contributed by atoms with Gasteiger partial charge in [0, 0.05) is 19.4 Å². The smallest absolute Gasteiger partial charge is 0.340 e. The largest absolute Gasteiger partial charge is 0.497 e. The third kappa shape index (κ3) is 6.19. The third-order valence-electron chi connectivity index (χ3n) is 5.82. The Hall–Kier alpha value is -3.67. The fourth-order valence-corrected chi connectivity index (χ4v) is 4.12. The zero-order chi connectivity index (χ0) is 26.5. The van der Waals surface area contributed by atoms with Gasteiger partial charge in [-0.1, -0.05) is 12.1 Å². The molecule has 37 heavy (non-hydrogen) atoms. The molecule has 0 saturated carbocycles. The predicted octanol–water partition coefficient (Wildman–Crippen LogP) is 2.56. The van der Waals surface area contributed by atoms with E-state index in [0.29, 0.717) is 17.1 Å². The molecule has 0 unspecified atom stereocenters. The van der Waals surface area contributed by atoms with Gasteiger partial charge in [-0.15, -0.1) is 0 Å². The van der Waals surface area contributed by atoms with E-state index in [1.54, 1.807) is 43.5 Å². The quantitative estimate of drug-likeness (QED) is 0.398. The highest BCUT2D eigenvalue weighted by molar-refractivity contribution is 5.89. The molecular formula is C26H28O11. The Morgan fingerprint density at radius 3 is 1.89 bits per heavy atom. The fraction of sp³-hybridized carbons (Fsp3) is 0.423. The predicted molar refractivity (Wildman–Crippen MR) is 125 cm³/mol. The van der Waals surface area contributed by atoms with Crippen molar-refractivity contribution >= 4 is 17.9 Å². The first kappa shape index (κ1) is 26.4. The van der Waals surface area contributed by atoms with Gasteiger partial charge in [-0.3, -0.25) is 9.59 Å². The van der Waals surface area contributed by atoms with E-state index < -0.39 is 54.9 Å². The number of esters is 3. The summed E-state index contributed by atoms with van der Waals surface area (Å²) in [6.07, 6.45) is -6.32. The number of hydrogen-bond acceptors (Lipinski definition) is 11. The summed E-state index contributed by atoms with van der Waals surface area (Å²) in [6, 6.07) is 13.3. The van der Waals surface area contributed by atoms with Gasteiger partial charge in [0.25, 0.3) is 0 Å². The van der Waals surface area contributed by atoms with Crippen LogP contribution in [-0.2, 0) is 38.0 Å². The maximum atomic E-state index is 12.9. The van der Waals surface area contributed by atoms with Crippen LogP contribution in [0.3, 0.4) is 0 Å². The molecule has 0 N–H and O–H groups in total. The minimum atomic E-state index is -1.39. The second kappa shape index (κ2) is 11.6. The summed E-state index contributed by atoms with van der Waals surface area (Å²) in [5, 5.41) is 0. The molecule has 0 aliphatic carbocycles. The second-order valence-corrected chi connectivity index (χ2v) is 8.36. The van der Waals surface area contributed by atoms with Gasteiger partial charge < -0.3 is 37.9 Å². The maximum Gasteiger partial charge on any atom is 0.340 e. The van der Waals surface area contributed by atoms with Crippen LogP contribution in [0.25, 0.3) is 0 Å². The van der Waals surface area contributed by atoms with Crippen molar-refractivity contribution in [3.63, 3.8) is 0 Å². The zero-order valence-corrected chi connectivity index (χ0v) is 20.8. The molecular weight excluding hydrogens is 488 g/mol. The lowest BCUT2D eigenvalue weighted by Gasteiger charge is -2.47. The molecule has 2 aliphatic rings. The van der Waals surface area contributed by atoms with E-state index in [9.17, 15) is 14.4 Å². The number of rotatable bonds is 7. The highest BCUT2D eigenvalue weighted by Gasteiger charge is 2.54. The highest BCUT2D eigenvalue weighted by atomic mass is 16.8. The van der Waals surface area contributed by atoms with E-state index in [2.05, 4.69) is 0 Å². The van der Waals surface area contributed by atoms with Crippen LogP contribution in [0.1, 0.15) is 36.1 Å². The van der Waals surface area contributed by atoms with Crippen molar-refractivity contribution in [2.24, 2.45) is 0 Å². The number of methoxy groups -OCH3 is 2. The Morgan fingerprint density at radius 2 is 1.32 bits per heavy atom. The minimum absolute atomic E-state index is 0.0303. The maximum absolute atomic E-state index is 12.9. The molecule has 11 heteroatoms. The SMILES string of the molecule is COc1ccc(C(=O)O[C@@H]2O[C@@H]3CO[C@@H](c4ccc(OC)cc4)O[C@H]3[C@H](OC(C)=O)[C@H]2OC(C)=O)cc1. The van der Waals surface area contributed by atoms with Crippen LogP contribution in [0.4, 0.5) is 0 Å². The lowest BCUT2D eigenvalue weighted by molar-refractivity contribution is -0.354. The number of ether oxygens (including phenoxy) is 8. The van der Waals surface area contributed by atoms with E-state index in [1.165, 1.54) is 33.1 Å². The Kier molecular flexibility index (Phi) is 8.27. The van der Waals surface area contributed by atoms with Crippen LogP contribution in [0.2, 0.25) is 0 Å². The van der Waals surface area contributed by atoms with Crippen molar-refractivity contribution in [1.29, 1.82) is 0 Å². The monoisotopic (exact) mass is 516 g/mol. The molecule has 0 aromatic heterocycles. The van der Waals surface area contributed by atoms with Crippen molar-refractivity contribution in [3.05, 3.63) is 59.7 Å².